The molecule has 0 bridgehead atoms. The van der Waals surface area contributed by atoms with E-state index in [1.807, 2.05) is 6.07 Å². The highest BCUT2D eigenvalue weighted by Gasteiger charge is 2.32. The molecular weight excluding hydrogens is 237 g/mol. The van der Waals surface area contributed by atoms with Gasteiger partial charge in [0.1, 0.15) is 5.82 Å². The second-order valence-corrected chi connectivity index (χ2v) is 5.63. The Balaban J connectivity index is 2.05. The number of hydrogen-bond donors (Lipinski definition) is 0. The Morgan fingerprint density at radius 1 is 1.11 bits per heavy atom. The molecule has 0 spiro atoms. The van der Waals surface area contributed by atoms with E-state index < -0.39 is 0 Å². The molecule has 96 valence electrons. The standard InChI is InChI=1S/C17H16FN/c1-19-7-6-12-8-13(18)10-15-14-5-3-2-4-11(14)9-16(19)17(12)15/h2-5,8,10,16H,6-7,9H2,1H3. The number of fused-ring (bicyclic) bond motifs is 2. The van der Waals surface area contributed by atoms with Gasteiger partial charge in [-0.2, -0.15) is 0 Å². The van der Waals surface area contributed by atoms with Crippen molar-refractivity contribution in [3.8, 4) is 11.1 Å². The lowest BCUT2D eigenvalue weighted by Gasteiger charge is -2.39. The van der Waals surface area contributed by atoms with E-state index in [-0.39, 0.29) is 5.82 Å². The maximum atomic E-state index is 13.9. The van der Waals surface area contributed by atoms with Crippen molar-refractivity contribution in [3.05, 3.63) is 58.9 Å². The molecule has 1 atom stereocenters. The first-order chi connectivity index (χ1) is 9.24. The number of halogens is 1. The van der Waals surface area contributed by atoms with Crippen molar-refractivity contribution in [1.82, 2.24) is 4.90 Å². The summed E-state index contributed by atoms with van der Waals surface area (Å²) in [6, 6.07) is 12.3. The van der Waals surface area contributed by atoms with E-state index in [0.717, 1.165) is 24.9 Å². The highest BCUT2D eigenvalue weighted by molar-refractivity contribution is 5.75. The quantitative estimate of drug-likeness (QED) is 0.693. The minimum atomic E-state index is -0.103. The summed E-state index contributed by atoms with van der Waals surface area (Å²) in [4.78, 5) is 2.40. The molecule has 0 saturated heterocycles. The molecule has 2 heteroatoms. The summed E-state index contributed by atoms with van der Waals surface area (Å²) in [6.45, 7) is 1.02. The van der Waals surface area contributed by atoms with Gasteiger partial charge in [0, 0.05) is 12.6 Å². The van der Waals surface area contributed by atoms with Crippen LogP contribution >= 0.6 is 0 Å². The van der Waals surface area contributed by atoms with Gasteiger partial charge in [0.25, 0.3) is 0 Å². The van der Waals surface area contributed by atoms with Gasteiger partial charge in [0.15, 0.2) is 0 Å². The maximum Gasteiger partial charge on any atom is 0.124 e. The summed E-state index contributed by atoms with van der Waals surface area (Å²) in [5, 5.41) is 0. The zero-order valence-corrected chi connectivity index (χ0v) is 11.0. The lowest BCUT2D eigenvalue weighted by molar-refractivity contribution is 0.228. The van der Waals surface area contributed by atoms with Crippen LogP contribution in [0.1, 0.15) is 22.7 Å². The van der Waals surface area contributed by atoms with E-state index in [2.05, 4.69) is 30.1 Å². The highest BCUT2D eigenvalue weighted by atomic mass is 19.1. The Bertz CT molecular complexity index is 662. The van der Waals surface area contributed by atoms with E-state index in [9.17, 15) is 4.39 Å². The molecule has 1 nitrogen and oxygen atoms in total. The largest absolute Gasteiger partial charge is 0.299 e. The van der Waals surface area contributed by atoms with Crippen LogP contribution in [0.5, 0.6) is 0 Å². The summed E-state index contributed by atoms with van der Waals surface area (Å²) in [7, 11) is 2.18. The average molecular weight is 253 g/mol. The summed E-state index contributed by atoms with van der Waals surface area (Å²) in [6.07, 6.45) is 1.99. The van der Waals surface area contributed by atoms with Crippen molar-refractivity contribution >= 4 is 0 Å². The molecule has 0 saturated carbocycles. The molecule has 0 radical (unpaired) electrons. The molecule has 4 rings (SSSR count). The number of hydrogen-bond acceptors (Lipinski definition) is 1. The molecule has 2 aromatic carbocycles. The van der Waals surface area contributed by atoms with Gasteiger partial charge in [-0.25, -0.2) is 4.39 Å². The van der Waals surface area contributed by atoms with Crippen molar-refractivity contribution in [3.63, 3.8) is 0 Å². The van der Waals surface area contributed by atoms with Gasteiger partial charge in [-0.15, -0.1) is 0 Å². The van der Waals surface area contributed by atoms with E-state index in [4.69, 9.17) is 0 Å². The van der Waals surface area contributed by atoms with Crippen LogP contribution in [0.3, 0.4) is 0 Å². The molecular formula is C17H16FN. The Hall–Kier alpha value is -1.67. The Morgan fingerprint density at radius 3 is 2.84 bits per heavy atom. The molecule has 0 amide bonds. The predicted octanol–water partition coefficient (Wildman–Crippen LogP) is 3.58. The first kappa shape index (κ1) is 11.2. The molecule has 2 aromatic rings. The SMILES string of the molecule is CN1CCc2cc(F)cc3c2C1Cc1ccccc1-3. The second kappa shape index (κ2) is 3.91. The summed E-state index contributed by atoms with van der Waals surface area (Å²) < 4.78 is 13.9. The number of likely N-dealkylation sites (N-methyl/N-ethyl adjacent to an activating group) is 1. The van der Waals surface area contributed by atoms with Gasteiger partial charge in [0.05, 0.1) is 0 Å². The van der Waals surface area contributed by atoms with Gasteiger partial charge in [-0.1, -0.05) is 24.3 Å². The van der Waals surface area contributed by atoms with Crippen LogP contribution < -0.4 is 0 Å². The third-order valence-electron chi connectivity index (χ3n) is 4.55. The number of benzene rings is 2. The molecule has 0 fully saturated rings. The topological polar surface area (TPSA) is 3.24 Å². The van der Waals surface area contributed by atoms with Gasteiger partial charge in [0.2, 0.25) is 0 Å². The van der Waals surface area contributed by atoms with Crippen molar-refractivity contribution in [2.45, 2.75) is 18.9 Å². The van der Waals surface area contributed by atoms with E-state index >= 15 is 0 Å². The molecule has 1 aliphatic heterocycles. The lowest BCUT2D eigenvalue weighted by Crippen LogP contribution is -2.35. The number of rotatable bonds is 0. The van der Waals surface area contributed by atoms with Crippen molar-refractivity contribution in [2.24, 2.45) is 0 Å². The second-order valence-electron chi connectivity index (χ2n) is 5.63. The fraction of sp³-hybridized carbons (Fsp3) is 0.294. The van der Waals surface area contributed by atoms with Crippen LogP contribution in [0, 0.1) is 5.82 Å². The summed E-state index contributed by atoms with van der Waals surface area (Å²) in [5.41, 5.74) is 6.21. The molecule has 19 heavy (non-hydrogen) atoms. The highest BCUT2D eigenvalue weighted by Crippen LogP contribution is 2.44. The summed E-state index contributed by atoms with van der Waals surface area (Å²) in [5.74, 6) is -0.103. The van der Waals surface area contributed by atoms with Crippen molar-refractivity contribution in [1.29, 1.82) is 0 Å². The Kier molecular flexibility index (Phi) is 2.30. The monoisotopic (exact) mass is 253 g/mol. The van der Waals surface area contributed by atoms with Crippen molar-refractivity contribution in [2.75, 3.05) is 13.6 Å². The normalized spacial score (nSPS) is 20.8. The fourth-order valence-corrected chi connectivity index (χ4v) is 3.60. The number of nitrogens with zero attached hydrogens (tertiary/aromatic N) is 1. The van der Waals surface area contributed by atoms with Crippen LogP contribution in [-0.2, 0) is 12.8 Å². The lowest BCUT2D eigenvalue weighted by atomic mass is 9.77. The zero-order valence-electron chi connectivity index (χ0n) is 11.0. The van der Waals surface area contributed by atoms with Gasteiger partial charge >= 0.3 is 0 Å². The zero-order chi connectivity index (χ0) is 13.0. The van der Waals surface area contributed by atoms with E-state index in [0.29, 0.717) is 6.04 Å². The van der Waals surface area contributed by atoms with Crippen molar-refractivity contribution < 1.29 is 4.39 Å². The molecule has 0 aromatic heterocycles. The van der Waals surface area contributed by atoms with Crippen LogP contribution in [0.15, 0.2) is 36.4 Å². The minimum Gasteiger partial charge on any atom is -0.299 e. The van der Waals surface area contributed by atoms with Gasteiger partial charge in [-0.3, -0.25) is 4.90 Å². The fourth-order valence-electron chi connectivity index (χ4n) is 3.60. The van der Waals surface area contributed by atoms with Crippen LogP contribution in [-0.4, -0.2) is 18.5 Å². The van der Waals surface area contributed by atoms with Crippen LogP contribution in [0.2, 0.25) is 0 Å². The van der Waals surface area contributed by atoms with Crippen LogP contribution in [0.25, 0.3) is 11.1 Å². The Labute approximate surface area is 112 Å². The van der Waals surface area contributed by atoms with E-state index in [1.54, 1.807) is 12.1 Å². The van der Waals surface area contributed by atoms with Gasteiger partial charge < -0.3 is 0 Å². The van der Waals surface area contributed by atoms with Gasteiger partial charge in [-0.05, 0) is 59.8 Å². The predicted molar refractivity (Wildman–Crippen MR) is 74.6 cm³/mol. The average Bonchev–Trinajstić information content (AvgIpc) is 2.42. The minimum absolute atomic E-state index is 0.103. The molecule has 1 unspecified atom stereocenters. The first-order valence-corrected chi connectivity index (χ1v) is 6.85. The Morgan fingerprint density at radius 2 is 1.95 bits per heavy atom. The molecule has 1 aliphatic carbocycles. The third kappa shape index (κ3) is 1.56. The molecule has 0 N–H and O–H groups in total. The summed E-state index contributed by atoms with van der Waals surface area (Å²) >= 11 is 0. The maximum absolute atomic E-state index is 13.9. The molecule has 2 aliphatic rings. The van der Waals surface area contributed by atoms with E-state index in [1.165, 1.54) is 22.3 Å². The van der Waals surface area contributed by atoms with Crippen LogP contribution in [0.4, 0.5) is 4.39 Å². The smallest absolute Gasteiger partial charge is 0.124 e. The molecule has 1 heterocycles. The third-order valence-corrected chi connectivity index (χ3v) is 4.55. The first-order valence-electron chi connectivity index (χ1n) is 6.85.